The second-order valence-electron chi connectivity index (χ2n) is 8.51. The fourth-order valence-electron chi connectivity index (χ4n) is 5.28. The number of aliphatic carboxylic acids is 2. The lowest BCUT2D eigenvalue weighted by atomic mass is 9.73. The molecule has 2 saturated heterocycles. The van der Waals surface area contributed by atoms with E-state index >= 15 is 0 Å². The molecule has 1 unspecified atom stereocenters. The quantitative estimate of drug-likeness (QED) is 0.546. The molecule has 6 nitrogen and oxygen atoms in total. The molecule has 162 valence electrons. The Kier molecular flexibility index (Phi) is 6.09. The van der Waals surface area contributed by atoms with Gasteiger partial charge in [-0.25, -0.2) is 9.59 Å². The Balaban J connectivity index is 0.000000342. The Labute approximate surface area is 181 Å². The van der Waals surface area contributed by atoms with Crippen molar-refractivity contribution in [1.82, 2.24) is 9.88 Å². The molecule has 0 radical (unpaired) electrons. The van der Waals surface area contributed by atoms with E-state index in [9.17, 15) is 0 Å². The number of hydrogen-bond acceptors (Lipinski definition) is 3. The van der Waals surface area contributed by atoms with E-state index in [1.165, 1.54) is 53.4 Å². The number of benzene rings is 2. The molecule has 1 saturated carbocycles. The number of piperidine rings is 2. The Hall–Kier alpha value is -3.12. The average molecular weight is 421 g/mol. The first-order valence-electron chi connectivity index (χ1n) is 10.8. The van der Waals surface area contributed by atoms with Gasteiger partial charge in [-0.15, -0.1) is 0 Å². The highest BCUT2D eigenvalue weighted by Crippen LogP contribution is 2.41. The van der Waals surface area contributed by atoms with Crippen molar-refractivity contribution < 1.29 is 19.8 Å². The Morgan fingerprint density at radius 2 is 1.55 bits per heavy atom. The summed E-state index contributed by atoms with van der Waals surface area (Å²) >= 11 is 0. The summed E-state index contributed by atoms with van der Waals surface area (Å²) in [6, 6.07) is 21.1. The molecule has 3 fully saturated rings. The van der Waals surface area contributed by atoms with Gasteiger partial charge in [0, 0.05) is 28.7 Å². The van der Waals surface area contributed by atoms with Gasteiger partial charge < -0.3 is 15.2 Å². The highest BCUT2D eigenvalue weighted by Gasteiger charge is 2.40. The fraction of sp³-hybridized carbons (Fsp3) is 0.360. The van der Waals surface area contributed by atoms with E-state index in [1.807, 2.05) is 0 Å². The van der Waals surface area contributed by atoms with Crippen LogP contribution in [0.4, 0.5) is 0 Å². The van der Waals surface area contributed by atoms with Gasteiger partial charge in [-0.05, 0) is 62.3 Å². The lowest BCUT2D eigenvalue weighted by molar-refractivity contribution is -0.159. The maximum atomic E-state index is 9.10. The van der Waals surface area contributed by atoms with Gasteiger partial charge in [0.2, 0.25) is 0 Å². The molecule has 2 aromatic carbocycles. The minimum absolute atomic E-state index is 0.689. The van der Waals surface area contributed by atoms with E-state index in [1.54, 1.807) is 0 Å². The molecule has 3 N–H and O–H groups in total. The molecule has 6 heteroatoms. The van der Waals surface area contributed by atoms with Gasteiger partial charge in [0.25, 0.3) is 0 Å². The zero-order valence-electron chi connectivity index (χ0n) is 17.6. The second-order valence-corrected chi connectivity index (χ2v) is 8.51. The second kappa shape index (κ2) is 8.94. The van der Waals surface area contributed by atoms with Crippen molar-refractivity contribution in [1.29, 1.82) is 0 Å². The largest absolute Gasteiger partial charge is 0.473 e. The standard InChI is InChI=1S/C23H26N2.C2H2O4/c1-25-18-13-11-16(12-14-18)22(25)15-20-19-9-5-6-10-21(19)24-23(20)17-7-3-2-4-8-17;3-1(4)2(5)6/h2-10,16,18,22,24H,11-15H2,1H3;(H,3,4)(H,5,6). The summed E-state index contributed by atoms with van der Waals surface area (Å²) in [6.45, 7) is 0. The Morgan fingerprint density at radius 1 is 0.935 bits per heavy atom. The molecule has 2 bridgehead atoms. The number of hydrogen-bond donors (Lipinski definition) is 3. The lowest BCUT2D eigenvalue weighted by Gasteiger charge is -2.50. The van der Waals surface area contributed by atoms with Crippen LogP contribution in [0, 0.1) is 5.92 Å². The van der Waals surface area contributed by atoms with Gasteiger partial charge in [0.15, 0.2) is 0 Å². The van der Waals surface area contributed by atoms with E-state index in [0.717, 1.165) is 18.4 Å². The minimum Gasteiger partial charge on any atom is -0.473 e. The molecule has 3 aliphatic rings. The molecule has 0 spiro atoms. The number of aromatic nitrogens is 1. The zero-order chi connectivity index (χ0) is 22.0. The molecule has 0 amide bonds. The summed E-state index contributed by atoms with van der Waals surface area (Å²) in [5.74, 6) is -2.78. The van der Waals surface area contributed by atoms with Crippen molar-refractivity contribution in [2.75, 3.05) is 7.05 Å². The topological polar surface area (TPSA) is 93.6 Å². The van der Waals surface area contributed by atoms with Crippen molar-refractivity contribution in [3.63, 3.8) is 0 Å². The van der Waals surface area contributed by atoms with E-state index in [-0.39, 0.29) is 0 Å². The van der Waals surface area contributed by atoms with Crippen molar-refractivity contribution in [3.05, 3.63) is 60.2 Å². The van der Waals surface area contributed by atoms with Crippen LogP contribution in [0.3, 0.4) is 0 Å². The first-order chi connectivity index (χ1) is 15.0. The molecule has 1 aliphatic carbocycles. The van der Waals surface area contributed by atoms with Crippen LogP contribution >= 0.6 is 0 Å². The van der Waals surface area contributed by atoms with Crippen molar-refractivity contribution in [3.8, 4) is 11.3 Å². The molecule has 3 aromatic rings. The number of carbonyl (C=O) groups is 2. The highest BCUT2D eigenvalue weighted by molar-refractivity contribution is 6.27. The predicted molar refractivity (Wildman–Crippen MR) is 120 cm³/mol. The number of nitrogens with one attached hydrogen (secondary N) is 1. The molecule has 3 heterocycles. The summed E-state index contributed by atoms with van der Waals surface area (Å²) < 4.78 is 0. The third-order valence-electron chi connectivity index (χ3n) is 6.86. The van der Waals surface area contributed by atoms with Crippen LogP contribution in [0.1, 0.15) is 31.2 Å². The van der Waals surface area contributed by atoms with Gasteiger partial charge in [-0.1, -0.05) is 48.5 Å². The normalized spacial score (nSPS) is 22.7. The van der Waals surface area contributed by atoms with Crippen LogP contribution < -0.4 is 0 Å². The van der Waals surface area contributed by atoms with E-state index in [4.69, 9.17) is 19.8 Å². The number of nitrogens with zero attached hydrogens (tertiary/aromatic N) is 1. The average Bonchev–Trinajstić information content (AvgIpc) is 3.16. The van der Waals surface area contributed by atoms with Gasteiger partial charge in [-0.3, -0.25) is 4.90 Å². The molecule has 1 aromatic heterocycles. The SMILES string of the molecule is CN1C2CCC(CC2)C1Cc1c(-c2ccccc2)[nH]c2ccccc12.O=C(O)C(=O)O. The van der Waals surface area contributed by atoms with Gasteiger partial charge >= 0.3 is 11.9 Å². The third-order valence-corrected chi connectivity index (χ3v) is 6.86. The summed E-state index contributed by atoms with van der Waals surface area (Å²) in [5, 5.41) is 16.2. The first kappa shape index (κ1) is 21.1. The van der Waals surface area contributed by atoms with Crippen molar-refractivity contribution in [2.24, 2.45) is 5.92 Å². The molecular weight excluding hydrogens is 392 g/mol. The summed E-state index contributed by atoms with van der Waals surface area (Å²) in [5.41, 5.74) is 5.39. The smallest absolute Gasteiger partial charge is 0.414 e. The highest BCUT2D eigenvalue weighted by atomic mass is 16.4. The van der Waals surface area contributed by atoms with Gasteiger partial charge in [0.1, 0.15) is 0 Å². The molecular formula is C25H28N2O4. The van der Waals surface area contributed by atoms with Crippen molar-refractivity contribution >= 4 is 22.8 Å². The number of fused-ring (bicyclic) bond motifs is 4. The summed E-state index contributed by atoms with van der Waals surface area (Å²) in [7, 11) is 2.36. The molecule has 2 aliphatic heterocycles. The van der Waals surface area contributed by atoms with E-state index < -0.39 is 11.9 Å². The Morgan fingerprint density at radius 3 is 2.16 bits per heavy atom. The maximum Gasteiger partial charge on any atom is 0.414 e. The maximum absolute atomic E-state index is 9.10. The van der Waals surface area contributed by atoms with Crippen LogP contribution in [-0.4, -0.2) is 51.2 Å². The number of carboxylic acids is 2. The number of para-hydroxylation sites is 1. The minimum atomic E-state index is -1.82. The van der Waals surface area contributed by atoms with Crippen LogP contribution in [0.25, 0.3) is 22.2 Å². The van der Waals surface area contributed by atoms with E-state index in [2.05, 4.69) is 71.5 Å². The summed E-state index contributed by atoms with van der Waals surface area (Å²) in [6.07, 6.45) is 6.80. The molecule has 31 heavy (non-hydrogen) atoms. The summed E-state index contributed by atoms with van der Waals surface area (Å²) in [4.78, 5) is 24.6. The van der Waals surface area contributed by atoms with Crippen LogP contribution in [0.5, 0.6) is 0 Å². The van der Waals surface area contributed by atoms with E-state index in [0.29, 0.717) is 6.04 Å². The number of rotatable bonds is 3. The fourth-order valence-corrected chi connectivity index (χ4v) is 5.28. The van der Waals surface area contributed by atoms with Crippen LogP contribution in [0.15, 0.2) is 54.6 Å². The number of H-pyrrole nitrogens is 1. The molecule has 1 atom stereocenters. The van der Waals surface area contributed by atoms with Gasteiger partial charge in [-0.2, -0.15) is 0 Å². The van der Waals surface area contributed by atoms with Gasteiger partial charge in [0.05, 0.1) is 0 Å². The van der Waals surface area contributed by atoms with Crippen LogP contribution in [0.2, 0.25) is 0 Å². The third kappa shape index (κ3) is 4.35. The number of carboxylic acid groups (broad SMARTS) is 2. The monoisotopic (exact) mass is 420 g/mol. The van der Waals surface area contributed by atoms with Crippen molar-refractivity contribution in [2.45, 2.75) is 44.2 Å². The Bertz CT molecular complexity index is 1050. The predicted octanol–water partition coefficient (Wildman–Crippen LogP) is 4.41. The number of aromatic amines is 1. The van der Waals surface area contributed by atoms with Crippen LogP contribution in [-0.2, 0) is 16.0 Å². The lowest BCUT2D eigenvalue weighted by Crippen LogP contribution is -2.53. The first-order valence-corrected chi connectivity index (χ1v) is 10.8. The molecule has 6 rings (SSSR count). The zero-order valence-corrected chi connectivity index (χ0v) is 17.6. The number of likely N-dealkylation sites (N-methyl/N-ethyl adjacent to an activating group) is 1.